The Kier molecular flexibility index (Phi) is 4.08. The molecule has 2 rings (SSSR count). The van der Waals surface area contributed by atoms with Gasteiger partial charge in [-0.2, -0.15) is 0 Å². The van der Waals surface area contributed by atoms with Gasteiger partial charge >= 0.3 is 0 Å². The minimum Gasteiger partial charge on any atom is -0.341 e. The Balaban J connectivity index is 1.95. The van der Waals surface area contributed by atoms with Crippen LogP contribution in [0.25, 0.3) is 0 Å². The quantitative estimate of drug-likeness (QED) is 0.799. The topological polar surface area (TPSA) is 32.3 Å². The third kappa shape index (κ3) is 2.82. The molecule has 2 aliphatic rings. The highest BCUT2D eigenvalue weighted by molar-refractivity contribution is 5.86. The van der Waals surface area contributed by atoms with Crippen LogP contribution in [0.15, 0.2) is 0 Å². The molecule has 2 aliphatic heterocycles. The van der Waals surface area contributed by atoms with Crippen LogP contribution in [0, 0.1) is 5.92 Å². The van der Waals surface area contributed by atoms with Crippen molar-refractivity contribution in [2.45, 2.75) is 57.9 Å². The van der Waals surface area contributed by atoms with Crippen LogP contribution in [0.2, 0.25) is 0 Å². The summed E-state index contributed by atoms with van der Waals surface area (Å²) in [6.07, 6.45) is 7.06. The number of nitrogens with zero attached hydrogens (tertiary/aromatic N) is 1. The summed E-state index contributed by atoms with van der Waals surface area (Å²) in [5.74, 6) is 1.17. The van der Waals surface area contributed by atoms with Crippen LogP contribution in [0.4, 0.5) is 0 Å². The number of carbonyl (C=O) groups is 1. The predicted molar refractivity (Wildman–Crippen MR) is 69.9 cm³/mol. The monoisotopic (exact) mass is 238 g/mol. The van der Waals surface area contributed by atoms with Crippen LogP contribution in [-0.4, -0.2) is 36.0 Å². The Hall–Kier alpha value is -0.570. The average molecular weight is 238 g/mol. The summed E-state index contributed by atoms with van der Waals surface area (Å²) < 4.78 is 0. The van der Waals surface area contributed by atoms with E-state index in [1.54, 1.807) is 0 Å². The maximum absolute atomic E-state index is 12.5. The minimum atomic E-state index is -0.272. The maximum atomic E-state index is 12.5. The minimum absolute atomic E-state index is 0.272. The second-order valence-corrected chi connectivity index (χ2v) is 5.86. The first-order valence-electron chi connectivity index (χ1n) is 7.20. The van der Waals surface area contributed by atoms with Crippen molar-refractivity contribution in [2.24, 2.45) is 5.92 Å². The van der Waals surface area contributed by atoms with Gasteiger partial charge in [-0.3, -0.25) is 4.79 Å². The summed E-state index contributed by atoms with van der Waals surface area (Å²) in [4.78, 5) is 14.6. The zero-order valence-corrected chi connectivity index (χ0v) is 11.3. The first kappa shape index (κ1) is 12.9. The smallest absolute Gasteiger partial charge is 0.242 e. The molecule has 98 valence electrons. The molecule has 0 bridgehead atoms. The molecular weight excluding hydrogens is 212 g/mol. The van der Waals surface area contributed by atoms with E-state index in [4.69, 9.17) is 0 Å². The molecule has 1 N–H and O–H groups in total. The Labute approximate surface area is 105 Å². The number of amides is 1. The highest BCUT2D eigenvalue weighted by Gasteiger charge is 2.39. The van der Waals surface area contributed by atoms with Crippen LogP contribution in [0.3, 0.4) is 0 Å². The standard InChI is InChI=1S/C14H26N2O/c1-3-12-6-4-10-16(11-7-12)13(17)14(2)8-5-9-15-14/h12,15H,3-11H2,1-2H3. The molecule has 3 heteroatoms. The largest absolute Gasteiger partial charge is 0.341 e. The summed E-state index contributed by atoms with van der Waals surface area (Å²) in [7, 11) is 0. The lowest BCUT2D eigenvalue weighted by Gasteiger charge is -2.31. The van der Waals surface area contributed by atoms with E-state index in [2.05, 4.69) is 24.1 Å². The summed E-state index contributed by atoms with van der Waals surface area (Å²) in [6, 6.07) is 0. The highest BCUT2D eigenvalue weighted by atomic mass is 16.2. The van der Waals surface area contributed by atoms with Gasteiger partial charge in [0, 0.05) is 13.1 Å². The molecule has 0 aromatic heterocycles. The summed E-state index contributed by atoms with van der Waals surface area (Å²) in [5.41, 5.74) is -0.272. The fourth-order valence-corrected chi connectivity index (χ4v) is 3.20. The van der Waals surface area contributed by atoms with E-state index in [0.29, 0.717) is 5.91 Å². The van der Waals surface area contributed by atoms with Gasteiger partial charge in [-0.15, -0.1) is 0 Å². The fraction of sp³-hybridized carbons (Fsp3) is 0.929. The number of likely N-dealkylation sites (tertiary alicyclic amines) is 1. The normalized spacial score (nSPS) is 34.7. The van der Waals surface area contributed by atoms with Gasteiger partial charge in [0.1, 0.15) is 0 Å². The number of hydrogen-bond acceptors (Lipinski definition) is 2. The summed E-state index contributed by atoms with van der Waals surface area (Å²) in [5, 5.41) is 3.38. The van der Waals surface area contributed by atoms with Gasteiger partial charge < -0.3 is 10.2 Å². The molecule has 2 unspecified atom stereocenters. The maximum Gasteiger partial charge on any atom is 0.242 e. The summed E-state index contributed by atoms with van der Waals surface area (Å²) in [6.45, 7) is 7.27. The molecule has 17 heavy (non-hydrogen) atoms. The SMILES string of the molecule is CCC1CCCN(C(=O)C2(C)CCCN2)CC1. The van der Waals surface area contributed by atoms with Crippen LogP contribution in [-0.2, 0) is 4.79 Å². The average Bonchev–Trinajstić information content (AvgIpc) is 2.66. The van der Waals surface area contributed by atoms with Crippen molar-refractivity contribution in [3.63, 3.8) is 0 Å². The highest BCUT2D eigenvalue weighted by Crippen LogP contribution is 2.25. The van der Waals surface area contributed by atoms with E-state index in [1.165, 1.54) is 25.7 Å². The zero-order valence-electron chi connectivity index (χ0n) is 11.3. The van der Waals surface area contributed by atoms with Gasteiger partial charge in [0.15, 0.2) is 0 Å². The third-order valence-corrected chi connectivity index (χ3v) is 4.55. The first-order chi connectivity index (χ1) is 8.15. The molecule has 3 nitrogen and oxygen atoms in total. The van der Waals surface area contributed by atoms with Gasteiger partial charge in [-0.25, -0.2) is 0 Å². The van der Waals surface area contributed by atoms with E-state index in [-0.39, 0.29) is 5.54 Å². The molecule has 0 saturated carbocycles. The zero-order chi connectivity index (χ0) is 12.3. The molecule has 0 aromatic carbocycles. The first-order valence-corrected chi connectivity index (χ1v) is 7.20. The van der Waals surface area contributed by atoms with Crippen LogP contribution in [0.1, 0.15) is 52.4 Å². The van der Waals surface area contributed by atoms with E-state index < -0.39 is 0 Å². The van der Waals surface area contributed by atoms with Crippen molar-refractivity contribution in [1.82, 2.24) is 10.2 Å². The Morgan fingerprint density at radius 1 is 1.35 bits per heavy atom. The van der Waals surface area contributed by atoms with Crippen molar-refractivity contribution >= 4 is 5.91 Å². The second kappa shape index (κ2) is 5.38. The number of rotatable bonds is 2. The van der Waals surface area contributed by atoms with E-state index >= 15 is 0 Å². The van der Waals surface area contributed by atoms with Gasteiger partial charge in [0.25, 0.3) is 0 Å². The molecule has 0 aromatic rings. The van der Waals surface area contributed by atoms with Crippen molar-refractivity contribution in [3.05, 3.63) is 0 Å². The molecule has 2 fully saturated rings. The van der Waals surface area contributed by atoms with E-state index in [1.807, 2.05) is 0 Å². The molecule has 1 amide bonds. The van der Waals surface area contributed by atoms with Gasteiger partial charge in [-0.1, -0.05) is 13.3 Å². The lowest BCUT2D eigenvalue weighted by Crippen LogP contribution is -2.53. The predicted octanol–water partition coefficient (Wildman–Crippen LogP) is 2.17. The number of carbonyl (C=O) groups excluding carboxylic acids is 1. The van der Waals surface area contributed by atoms with E-state index in [9.17, 15) is 4.79 Å². The Morgan fingerprint density at radius 2 is 2.18 bits per heavy atom. The lowest BCUT2D eigenvalue weighted by atomic mass is 9.97. The molecule has 2 heterocycles. The molecular formula is C14H26N2O. The van der Waals surface area contributed by atoms with E-state index in [0.717, 1.165) is 38.4 Å². The second-order valence-electron chi connectivity index (χ2n) is 5.86. The van der Waals surface area contributed by atoms with Crippen LogP contribution >= 0.6 is 0 Å². The summed E-state index contributed by atoms with van der Waals surface area (Å²) >= 11 is 0. The third-order valence-electron chi connectivity index (χ3n) is 4.55. The van der Waals surface area contributed by atoms with Crippen molar-refractivity contribution in [2.75, 3.05) is 19.6 Å². The fourth-order valence-electron chi connectivity index (χ4n) is 3.20. The van der Waals surface area contributed by atoms with Crippen molar-refractivity contribution in [3.8, 4) is 0 Å². The number of hydrogen-bond donors (Lipinski definition) is 1. The van der Waals surface area contributed by atoms with Crippen LogP contribution in [0.5, 0.6) is 0 Å². The molecule has 2 atom stereocenters. The van der Waals surface area contributed by atoms with Gasteiger partial charge in [-0.05, 0) is 51.5 Å². The van der Waals surface area contributed by atoms with Gasteiger partial charge in [0.2, 0.25) is 5.91 Å². The number of nitrogens with one attached hydrogen (secondary N) is 1. The Morgan fingerprint density at radius 3 is 2.82 bits per heavy atom. The van der Waals surface area contributed by atoms with Crippen LogP contribution < -0.4 is 5.32 Å². The van der Waals surface area contributed by atoms with Crippen molar-refractivity contribution in [1.29, 1.82) is 0 Å². The Bertz CT molecular complexity index is 271. The molecule has 0 aliphatic carbocycles. The van der Waals surface area contributed by atoms with Crippen molar-refractivity contribution < 1.29 is 4.79 Å². The molecule has 2 saturated heterocycles. The van der Waals surface area contributed by atoms with Gasteiger partial charge in [0.05, 0.1) is 5.54 Å². The molecule has 0 radical (unpaired) electrons. The molecule has 0 spiro atoms. The lowest BCUT2D eigenvalue weighted by molar-refractivity contribution is -0.137.